The Morgan fingerprint density at radius 3 is 2.60 bits per heavy atom. The first-order chi connectivity index (χ1) is 32.1. The van der Waals surface area contributed by atoms with Gasteiger partial charge in [-0.15, -0.1) is 11.3 Å². The number of hydrogen-bond acceptors (Lipinski definition) is 11. The lowest BCUT2D eigenvalue weighted by Crippen LogP contribution is -2.62. The molecule has 3 amide bonds. The van der Waals surface area contributed by atoms with E-state index in [-0.39, 0.29) is 54.0 Å². The smallest absolute Gasteiger partial charge is 0.324 e. The number of rotatable bonds is 9. The summed E-state index contributed by atoms with van der Waals surface area (Å²) >= 11 is 1.49. The lowest BCUT2D eigenvalue weighted by atomic mass is 9.84. The minimum atomic E-state index is -0.931. The number of pyridine rings is 1. The van der Waals surface area contributed by atoms with Crippen LogP contribution in [0.15, 0.2) is 41.9 Å². The molecule has 6 aliphatic rings. The van der Waals surface area contributed by atoms with Crippen molar-refractivity contribution in [2.75, 3.05) is 39.3 Å². The second-order valence-electron chi connectivity index (χ2n) is 22.0. The molecule has 6 atom stereocenters. The SMILES string of the molecule is CCn1c(-c2cccnc2C(C)C)c2c3cc(ccc31)-c1csc(n1)C[C@H](NC(=O)[C@H](C(C)C)N1CC[C@]3(CCN(C(=O)[C@@H]4N[C@@H]4C4CC4)C3)C1)C(=O)N1CCC[C@H](N1)C(=O)OCC(C)(C)C2. The molecule has 5 fully saturated rings. The number of nitrogens with one attached hydrogen (secondary N) is 3. The third-order valence-corrected chi connectivity index (χ3v) is 16.4. The van der Waals surface area contributed by atoms with Crippen LogP contribution in [-0.4, -0.2) is 123 Å². The van der Waals surface area contributed by atoms with E-state index in [1.165, 1.54) is 34.8 Å². The van der Waals surface area contributed by atoms with E-state index in [0.717, 1.165) is 89.7 Å². The number of cyclic esters (lactones) is 1. The summed E-state index contributed by atoms with van der Waals surface area (Å²) in [5, 5.41) is 12.1. The maximum atomic E-state index is 14.8. The lowest BCUT2D eigenvalue weighted by molar-refractivity contribution is -0.155. The molecule has 6 bridgehead atoms. The molecule has 358 valence electrons. The van der Waals surface area contributed by atoms with Crippen LogP contribution in [0, 0.1) is 22.7 Å². The Hall–Kier alpha value is -4.70. The number of aromatic nitrogens is 3. The van der Waals surface area contributed by atoms with Gasteiger partial charge >= 0.3 is 5.97 Å². The average Bonchev–Trinajstić information content (AvgIpc) is 4.14. The van der Waals surface area contributed by atoms with Crippen LogP contribution < -0.4 is 16.1 Å². The maximum absolute atomic E-state index is 14.8. The number of ether oxygens (including phenoxy) is 1. The molecule has 4 aromatic rings. The molecule has 5 aliphatic heterocycles. The molecular formula is C52H69N9O5S. The van der Waals surface area contributed by atoms with E-state index < -0.39 is 29.5 Å². The number of carbonyl (C=O) groups excluding carboxylic acids is 4. The number of hydrazine groups is 1. The van der Waals surface area contributed by atoms with Crippen molar-refractivity contribution in [1.29, 1.82) is 0 Å². The molecule has 10 rings (SSSR count). The number of fused-ring (bicyclic) bond motifs is 6. The van der Waals surface area contributed by atoms with Gasteiger partial charge in [-0.2, -0.15) is 0 Å². The Morgan fingerprint density at radius 2 is 1.84 bits per heavy atom. The Kier molecular flexibility index (Phi) is 12.4. The number of nitrogens with zero attached hydrogens (tertiary/aromatic N) is 6. The summed E-state index contributed by atoms with van der Waals surface area (Å²) in [6, 6.07) is 8.96. The van der Waals surface area contributed by atoms with Crippen molar-refractivity contribution in [1.82, 2.24) is 45.4 Å². The maximum Gasteiger partial charge on any atom is 0.324 e. The molecule has 1 aromatic carbocycles. The number of likely N-dealkylation sites (tertiary alicyclic amines) is 2. The van der Waals surface area contributed by atoms with Crippen LogP contribution in [0.5, 0.6) is 0 Å². The van der Waals surface area contributed by atoms with Gasteiger partial charge < -0.3 is 19.5 Å². The van der Waals surface area contributed by atoms with Gasteiger partial charge in [-0.3, -0.25) is 39.4 Å². The van der Waals surface area contributed by atoms with Gasteiger partial charge in [0.15, 0.2) is 0 Å². The molecule has 1 saturated carbocycles. The standard InChI is InChI=1S/C52H69N9O5S/c1-8-60-40-16-15-33-23-35(40)36(46(60)34-11-9-19-53-42(34)30(2)3)25-51(6,7)29-66-50(65)37-12-10-20-61(57-37)48(63)38(24-41-54-39(33)26-67-41)55-47(62)45(31(4)5)58-21-17-52(27-58)18-22-59(28-52)49(64)44-43(56-44)32-13-14-32/h9,11,15-16,19,23,26,30-32,37-38,43-45,56-57H,8,10,12-14,17-18,20-22,24-25,27-29H2,1-7H3,(H,55,62)/t37-,38-,43+,44+,45-,52-/m0/s1. The third-order valence-electron chi connectivity index (χ3n) is 15.5. The summed E-state index contributed by atoms with van der Waals surface area (Å²) in [5.74, 6) is 0.195. The molecule has 15 heteroatoms. The van der Waals surface area contributed by atoms with E-state index in [1.54, 1.807) is 0 Å². The third kappa shape index (κ3) is 9.05. The molecule has 1 aliphatic carbocycles. The molecule has 0 unspecified atom stereocenters. The van der Waals surface area contributed by atoms with E-state index in [4.69, 9.17) is 14.7 Å². The van der Waals surface area contributed by atoms with Gasteiger partial charge in [0.1, 0.15) is 18.1 Å². The van der Waals surface area contributed by atoms with E-state index in [1.807, 2.05) is 12.3 Å². The molecule has 1 spiro atoms. The summed E-state index contributed by atoms with van der Waals surface area (Å²) in [7, 11) is 0. The van der Waals surface area contributed by atoms with Crippen LogP contribution in [0.2, 0.25) is 0 Å². The summed E-state index contributed by atoms with van der Waals surface area (Å²) in [4.78, 5) is 71.3. The second-order valence-corrected chi connectivity index (χ2v) is 22.9. The molecular weight excluding hydrogens is 863 g/mol. The molecule has 8 heterocycles. The predicted octanol–water partition coefficient (Wildman–Crippen LogP) is 6.32. The van der Waals surface area contributed by atoms with Gasteiger partial charge in [-0.25, -0.2) is 10.4 Å². The number of hydrogen-bond donors (Lipinski definition) is 3. The Morgan fingerprint density at radius 1 is 1.03 bits per heavy atom. The fraction of sp³-hybridized carbons (Fsp3) is 0.615. The number of carbonyl (C=O) groups is 4. The van der Waals surface area contributed by atoms with Gasteiger partial charge in [-0.05, 0) is 106 Å². The summed E-state index contributed by atoms with van der Waals surface area (Å²) < 4.78 is 8.56. The number of benzene rings is 1. The zero-order chi connectivity index (χ0) is 46.9. The van der Waals surface area contributed by atoms with Crippen molar-refractivity contribution in [3.63, 3.8) is 0 Å². The quantitative estimate of drug-likeness (QED) is 0.128. The highest BCUT2D eigenvalue weighted by Gasteiger charge is 2.55. The number of thiazole rings is 1. The number of amides is 3. The summed E-state index contributed by atoms with van der Waals surface area (Å²) in [6.07, 6.45) is 8.15. The van der Waals surface area contributed by atoms with Crippen LogP contribution in [0.1, 0.15) is 109 Å². The molecule has 14 nitrogen and oxygen atoms in total. The van der Waals surface area contributed by atoms with Gasteiger partial charge in [-0.1, -0.05) is 47.6 Å². The molecule has 3 aromatic heterocycles. The first kappa shape index (κ1) is 46.1. The van der Waals surface area contributed by atoms with Crippen LogP contribution in [0.25, 0.3) is 33.4 Å². The first-order valence-corrected chi connectivity index (χ1v) is 25.9. The van der Waals surface area contributed by atoms with E-state index in [9.17, 15) is 19.2 Å². The van der Waals surface area contributed by atoms with Crippen LogP contribution >= 0.6 is 11.3 Å². The van der Waals surface area contributed by atoms with Gasteiger partial charge in [0, 0.05) is 89.6 Å². The fourth-order valence-electron chi connectivity index (χ4n) is 11.8. The molecule has 67 heavy (non-hydrogen) atoms. The zero-order valence-corrected chi connectivity index (χ0v) is 41.2. The Bertz CT molecular complexity index is 2560. The van der Waals surface area contributed by atoms with Crippen molar-refractivity contribution in [2.45, 2.75) is 143 Å². The van der Waals surface area contributed by atoms with Gasteiger partial charge in [0.05, 0.1) is 34.7 Å². The van der Waals surface area contributed by atoms with Crippen molar-refractivity contribution in [2.24, 2.45) is 22.7 Å². The Labute approximate surface area is 398 Å². The van der Waals surface area contributed by atoms with E-state index in [0.29, 0.717) is 37.8 Å². The first-order valence-electron chi connectivity index (χ1n) is 25.0. The largest absolute Gasteiger partial charge is 0.464 e. The molecule has 3 N–H and O–H groups in total. The monoisotopic (exact) mass is 932 g/mol. The minimum absolute atomic E-state index is 0.0273. The lowest BCUT2D eigenvalue weighted by Gasteiger charge is -2.36. The summed E-state index contributed by atoms with van der Waals surface area (Å²) in [6.45, 7) is 19.3. The highest BCUT2D eigenvalue weighted by atomic mass is 32.1. The predicted molar refractivity (Wildman–Crippen MR) is 260 cm³/mol. The Balaban J connectivity index is 0.952. The summed E-state index contributed by atoms with van der Waals surface area (Å²) in [5.41, 5.74) is 10.1. The topological polar surface area (TPSA) is 164 Å². The fourth-order valence-corrected chi connectivity index (χ4v) is 12.7. The van der Waals surface area contributed by atoms with Crippen LogP contribution in [0.4, 0.5) is 0 Å². The number of esters is 1. The van der Waals surface area contributed by atoms with Crippen molar-refractivity contribution in [3.8, 4) is 22.5 Å². The molecule has 0 radical (unpaired) electrons. The zero-order valence-electron chi connectivity index (χ0n) is 40.4. The van der Waals surface area contributed by atoms with Crippen molar-refractivity contribution >= 4 is 45.9 Å². The van der Waals surface area contributed by atoms with E-state index >= 15 is 0 Å². The highest BCUT2D eigenvalue weighted by molar-refractivity contribution is 7.10. The number of aryl methyl sites for hydroxylation is 1. The highest BCUT2D eigenvalue weighted by Crippen LogP contribution is 2.45. The van der Waals surface area contributed by atoms with Crippen LogP contribution in [0.3, 0.4) is 0 Å². The average molecular weight is 932 g/mol. The minimum Gasteiger partial charge on any atom is -0.464 e. The van der Waals surface area contributed by atoms with Gasteiger partial charge in [0.25, 0.3) is 5.91 Å². The van der Waals surface area contributed by atoms with E-state index in [2.05, 4.69) is 109 Å². The van der Waals surface area contributed by atoms with Crippen molar-refractivity contribution in [3.05, 3.63) is 58.2 Å². The van der Waals surface area contributed by atoms with Gasteiger partial charge in [0.2, 0.25) is 11.8 Å². The second kappa shape index (κ2) is 18.0. The normalized spacial score (nSPS) is 27.2. The van der Waals surface area contributed by atoms with Crippen LogP contribution in [-0.2, 0) is 43.3 Å². The van der Waals surface area contributed by atoms with Crippen molar-refractivity contribution < 1.29 is 23.9 Å². The molecule has 4 saturated heterocycles.